The first-order valence-corrected chi connectivity index (χ1v) is 5.92. The summed E-state index contributed by atoms with van der Waals surface area (Å²) in [7, 11) is 1.59. The molecule has 0 fully saturated rings. The Morgan fingerprint density at radius 2 is 1.72 bits per heavy atom. The maximum absolute atomic E-state index is 11.9. The number of nitrogens with zero attached hydrogens (tertiary/aromatic N) is 1. The van der Waals surface area contributed by atoms with Crippen molar-refractivity contribution in [2.24, 2.45) is 7.05 Å². The molecule has 0 aliphatic carbocycles. The standard InChI is InChI=1S/C13H9Cl2NO2/c1-16-11(8-2-4-9(14)5-3-8)7-6-10(12(15)17)13(16)18/h2-7H,1H3. The number of rotatable bonds is 2. The minimum atomic E-state index is -0.752. The number of hydrogen-bond donors (Lipinski definition) is 0. The third-order valence-corrected chi connectivity index (χ3v) is 3.11. The molecule has 1 aromatic carbocycles. The van der Waals surface area contributed by atoms with Crippen LogP contribution in [0.3, 0.4) is 0 Å². The smallest absolute Gasteiger partial charge is 0.262 e. The zero-order valence-corrected chi connectivity index (χ0v) is 11.0. The summed E-state index contributed by atoms with van der Waals surface area (Å²) in [6, 6.07) is 10.2. The molecule has 0 saturated heterocycles. The molecule has 2 rings (SSSR count). The fraction of sp³-hybridized carbons (Fsp3) is 0.0769. The molecule has 1 heterocycles. The number of hydrogen-bond acceptors (Lipinski definition) is 2. The zero-order chi connectivity index (χ0) is 13.3. The van der Waals surface area contributed by atoms with Crippen LogP contribution in [0.4, 0.5) is 0 Å². The summed E-state index contributed by atoms with van der Waals surface area (Å²) in [4.78, 5) is 22.9. The second-order valence-corrected chi connectivity index (χ2v) is 4.56. The van der Waals surface area contributed by atoms with Crippen LogP contribution in [0, 0.1) is 0 Å². The summed E-state index contributed by atoms with van der Waals surface area (Å²) >= 11 is 11.1. The molecule has 1 aromatic heterocycles. The fourth-order valence-electron chi connectivity index (χ4n) is 1.70. The highest BCUT2D eigenvalue weighted by Gasteiger charge is 2.11. The Labute approximate surface area is 114 Å². The molecule has 92 valence electrons. The van der Waals surface area contributed by atoms with E-state index >= 15 is 0 Å². The van der Waals surface area contributed by atoms with E-state index in [2.05, 4.69) is 0 Å². The van der Waals surface area contributed by atoms with Crippen LogP contribution >= 0.6 is 23.2 Å². The van der Waals surface area contributed by atoms with Crippen molar-refractivity contribution >= 4 is 28.4 Å². The number of carbonyl (C=O) groups is 1. The Morgan fingerprint density at radius 1 is 1.11 bits per heavy atom. The number of pyridine rings is 1. The highest BCUT2D eigenvalue weighted by atomic mass is 35.5. The van der Waals surface area contributed by atoms with Gasteiger partial charge in [0.15, 0.2) is 0 Å². The molecule has 0 spiro atoms. The molecule has 0 amide bonds. The average molecular weight is 282 g/mol. The molecule has 0 aliphatic heterocycles. The van der Waals surface area contributed by atoms with Crippen LogP contribution in [0.1, 0.15) is 10.4 Å². The molecule has 0 N–H and O–H groups in total. The summed E-state index contributed by atoms with van der Waals surface area (Å²) in [5, 5.41) is -0.130. The summed E-state index contributed by atoms with van der Waals surface area (Å²) < 4.78 is 1.39. The van der Waals surface area contributed by atoms with Crippen molar-refractivity contribution in [3.8, 4) is 11.3 Å². The minimum Gasteiger partial charge on any atom is -0.311 e. The van der Waals surface area contributed by atoms with Gasteiger partial charge in [-0.2, -0.15) is 0 Å². The lowest BCUT2D eigenvalue weighted by Gasteiger charge is -2.09. The second kappa shape index (κ2) is 4.96. The van der Waals surface area contributed by atoms with Gasteiger partial charge >= 0.3 is 0 Å². The first kappa shape index (κ1) is 12.9. The van der Waals surface area contributed by atoms with Crippen LogP contribution in [0.25, 0.3) is 11.3 Å². The number of carbonyl (C=O) groups excluding carboxylic acids is 1. The van der Waals surface area contributed by atoms with Crippen LogP contribution in [0.15, 0.2) is 41.2 Å². The first-order chi connectivity index (χ1) is 8.50. The van der Waals surface area contributed by atoms with Gasteiger partial charge < -0.3 is 4.57 Å². The average Bonchev–Trinajstić information content (AvgIpc) is 2.33. The van der Waals surface area contributed by atoms with Gasteiger partial charge in [-0.3, -0.25) is 9.59 Å². The minimum absolute atomic E-state index is 0.0307. The molecule has 0 unspecified atom stereocenters. The SMILES string of the molecule is Cn1c(-c2ccc(Cl)cc2)ccc(C(=O)Cl)c1=O. The molecule has 0 radical (unpaired) electrons. The van der Waals surface area contributed by atoms with E-state index in [4.69, 9.17) is 23.2 Å². The van der Waals surface area contributed by atoms with E-state index < -0.39 is 10.8 Å². The third-order valence-electron chi connectivity index (χ3n) is 2.66. The van der Waals surface area contributed by atoms with E-state index in [0.717, 1.165) is 5.56 Å². The molecule has 18 heavy (non-hydrogen) atoms. The molecule has 0 atom stereocenters. The van der Waals surface area contributed by atoms with Crippen molar-refractivity contribution in [3.63, 3.8) is 0 Å². The van der Waals surface area contributed by atoms with Crippen LogP contribution in [0.2, 0.25) is 5.02 Å². The van der Waals surface area contributed by atoms with Gasteiger partial charge in [0.2, 0.25) is 0 Å². The van der Waals surface area contributed by atoms with E-state index in [9.17, 15) is 9.59 Å². The van der Waals surface area contributed by atoms with Gasteiger partial charge in [0.1, 0.15) is 0 Å². The molecule has 0 aliphatic rings. The molecule has 3 nitrogen and oxygen atoms in total. The lowest BCUT2D eigenvalue weighted by atomic mass is 10.1. The monoisotopic (exact) mass is 281 g/mol. The zero-order valence-electron chi connectivity index (χ0n) is 9.48. The molecule has 0 bridgehead atoms. The lowest BCUT2D eigenvalue weighted by molar-refractivity contribution is 0.107. The topological polar surface area (TPSA) is 39.1 Å². The van der Waals surface area contributed by atoms with E-state index in [1.807, 2.05) is 0 Å². The predicted octanol–water partition coefficient (Wildman–Crippen LogP) is 3.08. The first-order valence-electron chi connectivity index (χ1n) is 5.16. The van der Waals surface area contributed by atoms with E-state index in [1.54, 1.807) is 37.4 Å². The van der Waals surface area contributed by atoms with Crippen LogP contribution < -0.4 is 5.56 Å². The number of aromatic nitrogens is 1. The number of halogens is 2. The van der Waals surface area contributed by atoms with E-state index in [-0.39, 0.29) is 5.56 Å². The van der Waals surface area contributed by atoms with Crippen molar-refractivity contribution in [2.45, 2.75) is 0 Å². The van der Waals surface area contributed by atoms with Crippen LogP contribution in [0.5, 0.6) is 0 Å². The lowest BCUT2D eigenvalue weighted by Crippen LogP contribution is -2.23. The van der Waals surface area contributed by atoms with Crippen molar-refractivity contribution < 1.29 is 4.79 Å². The molecule has 0 saturated carbocycles. The highest BCUT2D eigenvalue weighted by Crippen LogP contribution is 2.20. The highest BCUT2D eigenvalue weighted by molar-refractivity contribution is 6.67. The van der Waals surface area contributed by atoms with Gasteiger partial charge in [-0.25, -0.2) is 0 Å². The van der Waals surface area contributed by atoms with Crippen LogP contribution in [-0.4, -0.2) is 9.81 Å². The Kier molecular flexibility index (Phi) is 3.55. The van der Waals surface area contributed by atoms with Crippen LogP contribution in [-0.2, 0) is 7.05 Å². The van der Waals surface area contributed by atoms with E-state index in [0.29, 0.717) is 10.7 Å². The van der Waals surface area contributed by atoms with Crippen molar-refractivity contribution in [1.82, 2.24) is 4.57 Å². The van der Waals surface area contributed by atoms with Crippen molar-refractivity contribution in [1.29, 1.82) is 0 Å². The van der Waals surface area contributed by atoms with Gasteiger partial charge in [0, 0.05) is 12.1 Å². The molecular formula is C13H9Cl2NO2. The third kappa shape index (κ3) is 2.33. The number of benzene rings is 1. The van der Waals surface area contributed by atoms with Gasteiger partial charge in [-0.1, -0.05) is 23.7 Å². The van der Waals surface area contributed by atoms with Gasteiger partial charge in [0.25, 0.3) is 10.8 Å². The fourth-order valence-corrected chi connectivity index (χ4v) is 1.97. The quantitative estimate of drug-likeness (QED) is 0.794. The van der Waals surface area contributed by atoms with Gasteiger partial charge in [-0.05, 0) is 41.4 Å². The predicted molar refractivity (Wildman–Crippen MR) is 72.3 cm³/mol. The van der Waals surface area contributed by atoms with Gasteiger partial charge in [-0.15, -0.1) is 0 Å². The summed E-state index contributed by atoms with van der Waals surface area (Å²) in [5.41, 5.74) is 1.09. The maximum atomic E-state index is 11.9. The summed E-state index contributed by atoms with van der Waals surface area (Å²) in [6.07, 6.45) is 0. The molecular weight excluding hydrogens is 273 g/mol. The Bertz CT molecular complexity index is 660. The van der Waals surface area contributed by atoms with Gasteiger partial charge in [0.05, 0.1) is 11.3 Å². The normalized spacial score (nSPS) is 10.4. The van der Waals surface area contributed by atoms with E-state index in [1.165, 1.54) is 10.6 Å². The molecule has 2 aromatic rings. The van der Waals surface area contributed by atoms with Crippen molar-refractivity contribution in [2.75, 3.05) is 0 Å². The summed E-state index contributed by atoms with van der Waals surface area (Å²) in [6.45, 7) is 0. The Hall–Kier alpha value is -1.58. The summed E-state index contributed by atoms with van der Waals surface area (Å²) in [5.74, 6) is 0. The Balaban J connectivity index is 2.61. The maximum Gasteiger partial charge on any atom is 0.262 e. The molecule has 5 heteroatoms. The largest absolute Gasteiger partial charge is 0.311 e. The van der Waals surface area contributed by atoms with Crippen molar-refractivity contribution in [3.05, 3.63) is 57.3 Å². The second-order valence-electron chi connectivity index (χ2n) is 3.78. The Morgan fingerprint density at radius 3 is 2.28 bits per heavy atom.